The summed E-state index contributed by atoms with van der Waals surface area (Å²) in [4.78, 5) is 25.0. The van der Waals surface area contributed by atoms with E-state index in [0.717, 1.165) is 0 Å². The van der Waals surface area contributed by atoms with E-state index in [4.69, 9.17) is 9.47 Å². The maximum Gasteiger partial charge on any atom is 0.265 e. The predicted molar refractivity (Wildman–Crippen MR) is 102 cm³/mol. The summed E-state index contributed by atoms with van der Waals surface area (Å²) < 4.78 is 10.7. The molecular weight excluding hydrogens is 350 g/mol. The van der Waals surface area contributed by atoms with Crippen molar-refractivity contribution in [3.05, 3.63) is 76.5 Å². The van der Waals surface area contributed by atoms with Crippen molar-refractivity contribution < 1.29 is 19.1 Å². The molecule has 1 heterocycles. The van der Waals surface area contributed by atoms with E-state index in [0.29, 0.717) is 27.6 Å². The van der Waals surface area contributed by atoms with Gasteiger partial charge in [-0.05, 0) is 35.7 Å². The normalized spacial score (nSPS) is 10.2. The fourth-order valence-electron chi connectivity index (χ4n) is 2.29. The van der Waals surface area contributed by atoms with E-state index in [1.807, 2.05) is 11.4 Å². The van der Waals surface area contributed by atoms with Crippen molar-refractivity contribution in [3.8, 4) is 11.5 Å². The van der Waals surface area contributed by atoms with E-state index in [1.54, 1.807) is 61.7 Å². The zero-order chi connectivity index (χ0) is 18.4. The molecule has 0 aliphatic rings. The van der Waals surface area contributed by atoms with E-state index in [2.05, 4.69) is 5.32 Å². The number of hydrogen-bond acceptors (Lipinski definition) is 5. The highest BCUT2D eigenvalue weighted by atomic mass is 32.1. The maximum absolute atomic E-state index is 12.3. The molecule has 1 N–H and O–H groups in total. The van der Waals surface area contributed by atoms with Gasteiger partial charge in [-0.2, -0.15) is 0 Å². The highest BCUT2D eigenvalue weighted by molar-refractivity contribution is 7.12. The summed E-state index contributed by atoms with van der Waals surface area (Å²) in [5, 5.41) is 4.65. The van der Waals surface area contributed by atoms with E-state index in [-0.39, 0.29) is 18.3 Å². The van der Waals surface area contributed by atoms with Crippen molar-refractivity contribution in [2.75, 3.05) is 19.0 Å². The highest BCUT2D eigenvalue weighted by Crippen LogP contribution is 2.20. The minimum absolute atomic E-state index is 0.102. The molecule has 6 heteroatoms. The summed E-state index contributed by atoms with van der Waals surface area (Å²) in [6.07, 6.45) is 0. The van der Waals surface area contributed by atoms with Crippen LogP contribution in [-0.4, -0.2) is 25.4 Å². The number of carbonyl (C=O) groups excluding carboxylic acids is 2. The van der Waals surface area contributed by atoms with Crippen LogP contribution in [0.3, 0.4) is 0 Å². The molecule has 0 spiro atoms. The summed E-state index contributed by atoms with van der Waals surface area (Å²) in [6, 6.07) is 17.4. The molecule has 132 valence electrons. The Kier molecular flexibility index (Phi) is 5.66. The third-order valence-electron chi connectivity index (χ3n) is 3.60. The minimum atomic E-state index is -0.176. The van der Waals surface area contributed by atoms with Gasteiger partial charge in [-0.25, -0.2) is 0 Å². The molecule has 1 aromatic heterocycles. The van der Waals surface area contributed by atoms with Crippen LogP contribution >= 0.6 is 11.3 Å². The van der Waals surface area contributed by atoms with Gasteiger partial charge in [0, 0.05) is 17.3 Å². The van der Waals surface area contributed by atoms with E-state index < -0.39 is 0 Å². The molecule has 1 amide bonds. The Labute approximate surface area is 155 Å². The molecule has 26 heavy (non-hydrogen) atoms. The number of benzene rings is 2. The van der Waals surface area contributed by atoms with Crippen LogP contribution in [0, 0.1) is 0 Å². The number of thiophene rings is 1. The number of anilines is 1. The van der Waals surface area contributed by atoms with Crippen LogP contribution in [0.5, 0.6) is 11.5 Å². The lowest BCUT2D eigenvalue weighted by Gasteiger charge is -2.09. The molecule has 0 saturated carbocycles. The van der Waals surface area contributed by atoms with E-state index in [9.17, 15) is 9.59 Å². The number of Topliss-reactive ketones (excluding diaryl/α,β-unsaturated/α-hetero) is 1. The molecule has 5 nitrogen and oxygen atoms in total. The topological polar surface area (TPSA) is 64.6 Å². The Bertz CT molecular complexity index is 906. The first-order chi connectivity index (χ1) is 12.7. The number of ketones is 1. The Morgan fingerprint density at radius 1 is 1.00 bits per heavy atom. The summed E-state index contributed by atoms with van der Waals surface area (Å²) in [5.74, 6) is 0.792. The second-order valence-electron chi connectivity index (χ2n) is 5.40. The molecule has 0 aliphatic heterocycles. The third-order valence-corrected chi connectivity index (χ3v) is 4.47. The second-order valence-corrected chi connectivity index (χ2v) is 6.35. The fourth-order valence-corrected chi connectivity index (χ4v) is 2.91. The Balaban J connectivity index is 1.61. The van der Waals surface area contributed by atoms with Crippen molar-refractivity contribution in [3.63, 3.8) is 0 Å². The number of amides is 1. The molecule has 0 radical (unpaired) electrons. The predicted octanol–water partition coefficient (Wildman–Crippen LogP) is 4.27. The van der Waals surface area contributed by atoms with Crippen LogP contribution in [0.1, 0.15) is 20.0 Å². The van der Waals surface area contributed by atoms with Crippen molar-refractivity contribution in [2.45, 2.75) is 0 Å². The lowest BCUT2D eigenvalue weighted by molar-refractivity contribution is 0.0920. The first-order valence-electron chi connectivity index (χ1n) is 7.90. The van der Waals surface area contributed by atoms with Gasteiger partial charge in [0.05, 0.1) is 12.0 Å². The van der Waals surface area contributed by atoms with Gasteiger partial charge in [0.1, 0.15) is 11.5 Å². The minimum Gasteiger partial charge on any atom is -0.497 e. The van der Waals surface area contributed by atoms with Crippen molar-refractivity contribution >= 4 is 28.7 Å². The maximum atomic E-state index is 12.3. The summed E-state index contributed by atoms with van der Waals surface area (Å²) in [5.41, 5.74) is 1.13. The van der Waals surface area contributed by atoms with Crippen LogP contribution in [0.25, 0.3) is 0 Å². The van der Waals surface area contributed by atoms with Crippen LogP contribution in [0.4, 0.5) is 5.69 Å². The van der Waals surface area contributed by atoms with E-state index in [1.165, 1.54) is 11.3 Å². The third kappa shape index (κ3) is 4.49. The van der Waals surface area contributed by atoms with Gasteiger partial charge in [0.2, 0.25) is 0 Å². The lowest BCUT2D eigenvalue weighted by atomic mass is 10.1. The van der Waals surface area contributed by atoms with Gasteiger partial charge in [-0.3, -0.25) is 9.59 Å². The Morgan fingerprint density at radius 3 is 2.58 bits per heavy atom. The van der Waals surface area contributed by atoms with Gasteiger partial charge < -0.3 is 14.8 Å². The van der Waals surface area contributed by atoms with Crippen LogP contribution in [0.2, 0.25) is 0 Å². The van der Waals surface area contributed by atoms with Gasteiger partial charge in [0.25, 0.3) is 5.91 Å². The van der Waals surface area contributed by atoms with Crippen LogP contribution in [-0.2, 0) is 0 Å². The molecule has 2 aromatic carbocycles. The number of methoxy groups -OCH3 is 1. The second kappa shape index (κ2) is 8.31. The molecular formula is C20H17NO4S. The number of rotatable bonds is 7. The van der Waals surface area contributed by atoms with Gasteiger partial charge in [-0.15, -0.1) is 11.3 Å². The number of carbonyl (C=O) groups is 2. The van der Waals surface area contributed by atoms with Crippen LogP contribution < -0.4 is 14.8 Å². The van der Waals surface area contributed by atoms with Crippen LogP contribution in [0.15, 0.2) is 66.0 Å². The average Bonchev–Trinajstić information content (AvgIpc) is 3.21. The number of nitrogens with one attached hydrogen (secondary N) is 1. The first kappa shape index (κ1) is 17.7. The first-order valence-corrected chi connectivity index (χ1v) is 8.78. The lowest BCUT2D eigenvalue weighted by Crippen LogP contribution is -2.12. The molecule has 0 fully saturated rings. The Hall–Kier alpha value is -3.12. The molecule has 0 saturated heterocycles. The van der Waals surface area contributed by atoms with Gasteiger partial charge in [-0.1, -0.05) is 24.3 Å². The quantitative estimate of drug-likeness (QED) is 0.634. The zero-order valence-corrected chi connectivity index (χ0v) is 14.9. The SMILES string of the molecule is COc1cccc(C(=O)COc2cccc(NC(=O)c3cccs3)c2)c1. The molecule has 0 bridgehead atoms. The molecule has 3 rings (SSSR count). The fraction of sp³-hybridized carbons (Fsp3) is 0.100. The molecule has 3 aromatic rings. The smallest absolute Gasteiger partial charge is 0.265 e. The number of hydrogen-bond donors (Lipinski definition) is 1. The molecule has 0 unspecified atom stereocenters. The monoisotopic (exact) mass is 367 g/mol. The Morgan fingerprint density at radius 2 is 1.81 bits per heavy atom. The van der Waals surface area contributed by atoms with E-state index >= 15 is 0 Å². The zero-order valence-electron chi connectivity index (χ0n) is 14.1. The van der Waals surface area contributed by atoms with Crippen molar-refractivity contribution in [1.29, 1.82) is 0 Å². The number of ether oxygens (including phenoxy) is 2. The van der Waals surface area contributed by atoms with Crippen molar-refractivity contribution in [1.82, 2.24) is 0 Å². The molecule has 0 aliphatic carbocycles. The average molecular weight is 367 g/mol. The largest absolute Gasteiger partial charge is 0.497 e. The van der Waals surface area contributed by atoms with Crippen molar-refractivity contribution in [2.24, 2.45) is 0 Å². The summed E-state index contributed by atoms with van der Waals surface area (Å²) >= 11 is 1.37. The van der Waals surface area contributed by atoms with Gasteiger partial charge >= 0.3 is 0 Å². The summed E-state index contributed by atoms with van der Waals surface area (Å²) in [7, 11) is 1.55. The summed E-state index contributed by atoms with van der Waals surface area (Å²) in [6.45, 7) is -0.102. The standard InChI is InChI=1S/C20H17NO4S/c1-24-16-7-2-5-14(11-16)18(22)13-25-17-8-3-6-15(12-17)21-20(23)19-9-4-10-26-19/h2-12H,13H2,1H3,(H,21,23). The van der Waals surface area contributed by atoms with Gasteiger partial charge in [0.15, 0.2) is 12.4 Å². The highest BCUT2D eigenvalue weighted by Gasteiger charge is 2.10. The molecule has 0 atom stereocenters.